The van der Waals surface area contributed by atoms with E-state index in [9.17, 15) is 4.79 Å². The number of nitrogens with zero attached hydrogens (tertiary/aromatic N) is 1. The van der Waals surface area contributed by atoms with Gasteiger partial charge in [0.15, 0.2) is 0 Å². The van der Waals surface area contributed by atoms with Gasteiger partial charge in [0, 0.05) is 24.6 Å². The third kappa shape index (κ3) is 4.00. The van der Waals surface area contributed by atoms with E-state index >= 15 is 0 Å². The van der Waals surface area contributed by atoms with Crippen molar-refractivity contribution in [3.8, 4) is 0 Å². The molecule has 1 aliphatic heterocycles. The van der Waals surface area contributed by atoms with Crippen molar-refractivity contribution in [1.82, 2.24) is 10.2 Å². The second-order valence-corrected chi connectivity index (χ2v) is 4.39. The molecule has 1 amide bonds. The minimum absolute atomic E-state index is 0.258. The lowest BCUT2D eigenvalue weighted by molar-refractivity contribution is -0.129. The monoisotopic (exact) mass is 202 g/mol. The number of hydrogen-bond donors (Lipinski definition) is 1. The highest BCUT2D eigenvalue weighted by Crippen LogP contribution is 2.08. The highest BCUT2D eigenvalue weighted by Gasteiger charge is 2.15. The van der Waals surface area contributed by atoms with Gasteiger partial charge in [0.2, 0.25) is 5.91 Å². The van der Waals surface area contributed by atoms with Crippen LogP contribution in [0.5, 0.6) is 0 Å². The highest BCUT2D eigenvalue weighted by atomic mass is 32.2. The predicted octanol–water partition coefficient (Wildman–Crippen LogP) is 0.561. The van der Waals surface area contributed by atoms with Crippen LogP contribution < -0.4 is 5.32 Å². The summed E-state index contributed by atoms with van der Waals surface area (Å²) < 4.78 is 0. The number of nitrogens with one attached hydrogen (secondary N) is 1. The molecule has 1 N–H and O–H groups in total. The van der Waals surface area contributed by atoms with E-state index in [1.54, 1.807) is 0 Å². The molecule has 0 spiro atoms. The largest absolute Gasteiger partial charge is 0.340 e. The molecule has 0 saturated carbocycles. The quantitative estimate of drug-likeness (QED) is 0.676. The predicted molar refractivity (Wildman–Crippen MR) is 57.1 cm³/mol. The van der Waals surface area contributed by atoms with Crippen molar-refractivity contribution in [3.63, 3.8) is 0 Å². The number of amides is 1. The Kier molecular flexibility index (Phi) is 5.23. The normalized spacial score (nSPS) is 17.5. The first kappa shape index (κ1) is 10.9. The van der Waals surface area contributed by atoms with Gasteiger partial charge in [-0.05, 0) is 13.0 Å². The van der Waals surface area contributed by atoms with Crippen LogP contribution in [0, 0.1) is 0 Å². The smallest absolute Gasteiger partial charge is 0.236 e. The first-order chi connectivity index (χ1) is 6.34. The standard InChI is InChI=1S/C9H18N2OS/c1-2-3-10-8-9(12)11-4-6-13-7-5-11/h10H,2-8H2,1H3. The van der Waals surface area contributed by atoms with E-state index in [2.05, 4.69) is 12.2 Å². The lowest BCUT2D eigenvalue weighted by Crippen LogP contribution is -2.42. The van der Waals surface area contributed by atoms with Crippen LogP contribution >= 0.6 is 11.8 Å². The van der Waals surface area contributed by atoms with Crippen molar-refractivity contribution in [2.45, 2.75) is 13.3 Å². The third-order valence-electron chi connectivity index (χ3n) is 2.07. The number of carbonyl (C=O) groups is 1. The van der Waals surface area contributed by atoms with Gasteiger partial charge < -0.3 is 10.2 Å². The summed E-state index contributed by atoms with van der Waals surface area (Å²) in [5.74, 6) is 2.45. The van der Waals surface area contributed by atoms with Gasteiger partial charge in [-0.25, -0.2) is 0 Å². The van der Waals surface area contributed by atoms with Gasteiger partial charge in [0.25, 0.3) is 0 Å². The van der Waals surface area contributed by atoms with Crippen LogP contribution in [0.4, 0.5) is 0 Å². The highest BCUT2D eigenvalue weighted by molar-refractivity contribution is 7.99. The molecule has 1 aliphatic rings. The number of hydrogen-bond acceptors (Lipinski definition) is 3. The third-order valence-corrected chi connectivity index (χ3v) is 3.01. The fraction of sp³-hybridized carbons (Fsp3) is 0.889. The van der Waals surface area contributed by atoms with Crippen LogP contribution in [0.1, 0.15) is 13.3 Å². The Morgan fingerprint density at radius 3 is 2.77 bits per heavy atom. The summed E-state index contributed by atoms with van der Waals surface area (Å²) in [4.78, 5) is 13.5. The Morgan fingerprint density at radius 2 is 2.15 bits per heavy atom. The number of rotatable bonds is 4. The maximum Gasteiger partial charge on any atom is 0.236 e. The molecule has 1 heterocycles. The van der Waals surface area contributed by atoms with Gasteiger partial charge in [0.05, 0.1) is 6.54 Å². The molecule has 1 saturated heterocycles. The molecule has 76 valence electrons. The summed E-state index contributed by atoms with van der Waals surface area (Å²) in [7, 11) is 0. The molecule has 0 unspecified atom stereocenters. The number of carbonyl (C=O) groups excluding carboxylic acids is 1. The Hall–Kier alpha value is -0.220. The van der Waals surface area contributed by atoms with Crippen molar-refractivity contribution >= 4 is 17.7 Å². The van der Waals surface area contributed by atoms with E-state index in [1.165, 1.54) is 0 Å². The summed E-state index contributed by atoms with van der Waals surface area (Å²) in [5.41, 5.74) is 0. The van der Waals surface area contributed by atoms with E-state index < -0.39 is 0 Å². The minimum atomic E-state index is 0.258. The zero-order valence-electron chi connectivity index (χ0n) is 8.21. The average molecular weight is 202 g/mol. The minimum Gasteiger partial charge on any atom is -0.340 e. The average Bonchev–Trinajstić information content (AvgIpc) is 2.19. The second-order valence-electron chi connectivity index (χ2n) is 3.17. The van der Waals surface area contributed by atoms with E-state index in [0.717, 1.165) is 37.6 Å². The molecule has 0 aromatic heterocycles. The number of thioether (sulfide) groups is 1. The van der Waals surface area contributed by atoms with E-state index in [-0.39, 0.29) is 5.91 Å². The molecular formula is C9H18N2OS. The van der Waals surface area contributed by atoms with Crippen LogP contribution in [0.2, 0.25) is 0 Å². The van der Waals surface area contributed by atoms with Crippen molar-refractivity contribution in [2.24, 2.45) is 0 Å². The van der Waals surface area contributed by atoms with Crippen molar-refractivity contribution in [2.75, 3.05) is 37.7 Å². The first-order valence-corrected chi connectivity index (χ1v) is 6.06. The zero-order chi connectivity index (χ0) is 9.52. The van der Waals surface area contributed by atoms with Gasteiger partial charge in [0.1, 0.15) is 0 Å². The maximum atomic E-state index is 11.5. The molecule has 0 radical (unpaired) electrons. The molecule has 1 fully saturated rings. The molecule has 0 aliphatic carbocycles. The van der Waals surface area contributed by atoms with E-state index in [4.69, 9.17) is 0 Å². The second kappa shape index (κ2) is 6.27. The maximum absolute atomic E-state index is 11.5. The van der Waals surface area contributed by atoms with Crippen LogP contribution in [0.25, 0.3) is 0 Å². The molecule has 0 aromatic rings. The molecule has 0 bridgehead atoms. The van der Waals surface area contributed by atoms with Crippen LogP contribution in [-0.2, 0) is 4.79 Å². The van der Waals surface area contributed by atoms with Gasteiger partial charge in [-0.15, -0.1) is 0 Å². The molecule has 13 heavy (non-hydrogen) atoms. The van der Waals surface area contributed by atoms with Gasteiger partial charge >= 0.3 is 0 Å². The SMILES string of the molecule is CCCNCC(=O)N1CCSCC1. The zero-order valence-corrected chi connectivity index (χ0v) is 9.03. The van der Waals surface area contributed by atoms with Crippen molar-refractivity contribution in [1.29, 1.82) is 0 Å². The van der Waals surface area contributed by atoms with Crippen LogP contribution in [-0.4, -0.2) is 48.5 Å². The lowest BCUT2D eigenvalue weighted by atomic mass is 10.4. The summed E-state index contributed by atoms with van der Waals surface area (Å²) >= 11 is 1.93. The Bertz CT molecular complexity index is 158. The summed E-state index contributed by atoms with van der Waals surface area (Å²) in [6, 6.07) is 0. The van der Waals surface area contributed by atoms with Crippen LogP contribution in [0.3, 0.4) is 0 Å². The summed E-state index contributed by atoms with van der Waals surface area (Å²) in [6.07, 6.45) is 1.09. The molecule has 0 aromatic carbocycles. The first-order valence-electron chi connectivity index (χ1n) is 4.91. The van der Waals surface area contributed by atoms with Crippen molar-refractivity contribution < 1.29 is 4.79 Å². The lowest BCUT2D eigenvalue weighted by Gasteiger charge is -2.26. The molecule has 1 rings (SSSR count). The molecule has 0 atom stereocenters. The van der Waals surface area contributed by atoms with Gasteiger partial charge in [-0.2, -0.15) is 11.8 Å². The van der Waals surface area contributed by atoms with Gasteiger partial charge in [-0.1, -0.05) is 6.92 Å². The van der Waals surface area contributed by atoms with Gasteiger partial charge in [-0.3, -0.25) is 4.79 Å². The summed E-state index contributed by atoms with van der Waals surface area (Å²) in [5, 5.41) is 3.13. The Labute approximate surface area is 84.2 Å². The molecule has 4 heteroatoms. The Morgan fingerprint density at radius 1 is 1.46 bits per heavy atom. The van der Waals surface area contributed by atoms with E-state index in [1.807, 2.05) is 16.7 Å². The fourth-order valence-electron chi connectivity index (χ4n) is 1.30. The molecular weight excluding hydrogens is 184 g/mol. The molecule has 3 nitrogen and oxygen atoms in total. The summed E-state index contributed by atoms with van der Waals surface area (Å²) in [6.45, 7) is 5.41. The fourth-order valence-corrected chi connectivity index (χ4v) is 2.20. The topological polar surface area (TPSA) is 32.3 Å². The Balaban J connectivity index is 2.13. The van der Waals surface area contributed by atoms with Crippen molar-refractivity contribution in [3.05, 3.63) is 0 Å². The van der Waals surface area contributed by atoms with E-state index in [0.29, 0.717) is 6.54 Å². The van der Waals surface area contributed by atoms with Crippen LogP contribution in [0.15, 0.2) is 0 Å².